The molecule has 0 aromatic heterocycles. The van der Waals surface area contributed by atoms with Crippen LogP contribution in [0.15, 0.2) is 113 Å². The number of carbonyl (C=O) groups excluding carboxylic acids is 3. The number of fused-ring (bicyclic) bond motifs is 2. The van der Waals surface area contributed by atoms with Gasteiger partial charge in [0, 0.05) is 78.3 Å². The summed E-state index contributed by atoms with van der Waals surface area (Å²) in [7, 11) is -11.6. The maximum absolute atomic E-state index is 12.9. The standard InChI is InChI=1S/C50H64N4O11S3/c1-8-53-42-28-26-37(67(59,60)61)32-39(42)49(2,3)45(53)23-14-10-15-24-46-50(4,5)40-33-38(68(62,63)64)27-29-43(40)54(46)31-19-11-16-25-47(56)51-30-18-17-22-41(44(55)35-66(6,7)58)52-48(57)65-34-36-20-12-9-13-21-36/h9-10,12-15,20-21,23-24,26-29,32-33,35,41H,8,11,16-19,22,25,30-31,34H2,1-7H3,(H3-,51,52,56,57,59,60,61,62,63,64)/t41-/m0/s1. The molecular weight excluding hydrogens is 929 g/mol. The minimum atomic E-state index is -4.63. The smallest absolute Gasteiger partial charge is 0.408 e. The first-order chi connectivity index (χ1) is 31.8. The SMILES string of the molecule is CCN1/C(=C/C=C/C=C/C2=[N+](CCCCCC(=O)NCCCC[C@H](NC(=O)OCc3ccccc3)C(=O)C=S(C)(C)=O)c3ccc(S(=O)(=O)O)cc3C2(C)C)C(C)(C)c2cc(S(=O)(=O)[O-])ccc21. The van der Waals surface area contributed by atoms with Crippen LogP contribution in [0.4, 0.5) is 16.2 Å². The molecule has 0 fully saturated rings. The van der Waals surface area contributed by atoms with Crippen LogP contribution < -0.4 is 15.5 Å². The van der Waals surface area contributed by atoms with Crippen LogP contribution in [0.5, 0.6) is 0 Å². The molecule has 0 radical (unpaired) electrons. The van der Waals surface area contributed by atoms with E-state index in [9.17, 15) is 44.5 Å². The van der Waals surface area contributed by atoms with Crippen molar-refractivity contribution >= 4 is 70.0 Å². The molecule has 2 heterocycles. The van der Waals surface area contributed by atoms with Crippen LogP contribution in [-0.2, 0) is 61.5 Å². The van der Waals surface area contributed by atoms with Gasteiger partial charge in [0.2, 0.25) is 11.6 Å². The van der Waals surface area contributed by atoms with Crippen molar-refractivity contribution in [2.24, 2.45) is 0 Å². The molecule has 3 N–H and O–H groups in total. The number of carbonyl (C=O) groups is 3. The predicted molar refractivity (Wildman–Crippen MR) is 266 cm³/mol. The van der Waals surface area contributed by atoms with Crippen molar-refractivity contribution in [3.05, 3.63) is 119 Å². The molecule has 18 heteroatoms. The van der Waals surface area contributed by atoms with E-state index in [0.29, 0.717) is 45.3 Å². The van der Waals surface area contributed by atoms with E-state index in [1.54, 1.807) is 12.1 Å². The van der Waals surface area contributed by atoms with Crippen molar-refractivity contribution in [3.8, 4) is 0 Å². The summed E-state index contributed by atoms with van der Waals surface area (Å²) in [6.45, 7) is 11.5. The first-order valence-electron chi connectivity index (χ1n) is 22.6. The van der Waals surface area contributed by atoms with E-state index in [4.69, 9.17) is 4.74 Å². The van der Waals surface area contributed by atoms with Crippen molar-refractivity contribution in [3.63, 3.8) is 0 Å². The van der Waals surface area contributed by atoms with Gasteiger partial charge >= 0.3 is 6.09 Å². The highest BCUT2D eigenvalue weighted by atomic mass is 32.2. The molecule has 2 aliphatic rings. The second-order valence-corrected chi connectivity index (χ2v) is 24.0. The van der Waals surface area contributed by atoms with E-state index in [1.807, 2.05) is 95.3 Å². The highest BCUT2D eigenvalue weighted by Gasteiger charge is 2.45. The summed E-state index contributed by atoms with van der Waals surface area (Å²) in [4.78, 5) is 39.9. The van der Waals surface area contributed by atoms with Crippen molar-refractivity contribution < 1.29 is 53.8 Å². The Hall–Kier alpha value is -5.40. The van der Waals surface area contributed by atoms with Crippen LogP contribution in [0.25, 0.3) is 0 Å². The molecule has 0 aliphatic carbocycles. The largest absolute Gasteiger partial charge is 0.744 e. The van der Waals surface area contributed by atoms with Crippen LogP contribution in [-0.4, -0.2) is 102 Å². The highest BCUT2D eigenvalue weighted by Crippen LogP contribution is 2.48. The third-order valence-corrected chi connectivity index (χ3v) is 14.6. The zero-order chi connectivity index (χ0) is 50.1. The fraction of sp³-hybridized carbons (Fsp3) is 0.420. The molecule has 368 valence electrons. The zero-order valence-corrected chi connectivity index (χ0v) is 42.3. The molecular formula is C50H64N4O11S3. The van der Waals surface area contributed by atoms with Crippen LogP contribution in [0.2, 0.25) is 0 Å². The van der Waals surface area contributed by atoms with E-state index in [0.717, 1.165) is 57.7 Å². The molecule has 15 nitrogen and oxygen atoms in total. The molecule has 5 rings (SSSR count). The molecule has 0 saturated heterocycles. The summed E-state index contributed by atoms with van der Waals surface area (Å²) in [5.41, 5.74) is 4.54. The Morgan fingerprint density at radius 3 is 2.19 bits per heavy atom. The second kappa shape index (κ2) is 22.4. The van der Waals surface area contributed by atoms with Gasteiger partial charge in [0.1, 0.15) is 23.3 Å². The Labute approximate surface area is 402 Å². The molecule has 1 atom stereocenters. The summed E-state index contributed by atoms with van der Waals surface area (Å²) in [5, 5.41) is 6.67. The highest BCUT2D eigenvalue weighted by molar-refractivity contribution is 8.01. The summed E-state index contributed by atoms with van der Waals surface area (Å²) in [5.74, 6) is -0.572. The van der Waals surface area contributed by atoms with Crippen molar-refractivity contribution in [1.29, 1.82) is 0 Å². The fourth-order valence-electron chi connectivity index (χ4n) is 8.64. The van der Waals surface area contributed by atoms with Gasteiger partial charge in [-0.05, 0) is 110 Å². The van der Waals surface area contributed by atoms with Crippen LogP contribution >= 0.6 is 0 Å². The number of anilines is 1. The molecule has 0 spiro atoms. The number of likely N-dealkylation sites (N-methyl/N-ethyl adjacent to an activating group) is 1. The number of amides is 2. The van der Waals surface area contributed by atoms with E-state index >= 15 is 0 Å². The Morgan fingerprint density at radius 2 is 1.53 bits per heavy atom. The van der Waals surface area contributed by atoms with Gasteiger partial charge in [-0.1, -0.05) is 62.4 Å². The number of nitrogens with one attached hydrogen (secondary N) is 2. The van der Waals surface area contributed by atoms with E-state index in [2.05, 4.69) is 20.1 Å². The maximum Gasteiger partial charge on any atom is 0.408 e. The number of hydrogen-bond donors (Lipinski definition) is 3. The van der Waals surface area contributed by atoms with Crippen LogP contribution in [0.1, 0.15) is 96.3 Å². The molecule has 0 unspecified atom stereocenters. The van der Waals surface area contributed by atoms with Gasteiger partial charge < -0.3 is 24.8 Å². The van der Waals surface area contributed by atoms with Gasteiger partial charge in [0.15, 0.2) is 11.5 Å². The number of hydrogen-bond acceptors (Lipinski definition) is 11. The Balaban J connectivity index is 1.18. The van der Waals surface area contributed by atoms with E-state index < -0.39 is 58.5 Å². The molecule has 2 amide bonds. The summed E-state index contributed by atoms with van der Waals surface area (Å²) in [6, 6.07) is 17.3. The molecule has 3 aromatic rings. The Bertz CT molecular complexity index is 2850. The Kier molecular flexibility index (Phi) is 17.6. The van der Waals surface area contributed by atoms with Gasteiger partial charge in [-0.15, -0.1) is 0 Å². The second-order valence-electron chi connectivity index (χ2n) is 18.4. The number of ketones is 1. The average molecular weight is 993 g/mol. The lowest BCUT2D eigenvalue weighted by atomic mass is 9.81. The minimum Gasteiger partial charge on any atom is -0.744 e. The Morgan fingerprint density at radius 1 is 0.838 bits per heavy atom. The molecule has 0 bridgehead atoms. The van der Waals surface area contributed by atoms with Crippen LogP contribution in [0, 0.1) is 0 Å². The van der Waals surface area contributed by atoms with Gasteiger partial charge in [-0.2, -0.15) is 13.0 Å². The van der Waals surface area contributed by atoms with Crippen molar-refractivity contribution in [1.82, 2.24) is 10.6 Å². The first kappa shape index (κ1) is 53.6. The molecule has 2 aliphatic heterocycles. The summed E-state index contributed by atoms with van der Waals surface area (Å²) in [6.07, 6.45) is 15.5. The number of unbranched alkanes of at least 4 members (excludes halogenated alkanes) is 3. The fourth-order valence-corrected chi connectivity index (χ4v) is 10.4. The normalized spacial score (nSPS) is 16.5. The number of Topliss-reactive ketones (excluding diaryl/α,β-unsaturated/α-hetero) is 1. The van der Waals surface area contributed by atoms with Crippen LogP contribution in [0.3, 0.4) is 0 Å². The number of alkyl carbamates (subject to hydrolysis) is 1. The lowest BCUT2D eigenvalue weighted by molar-refractivity contribution is -0.438. The third kappa shape index (κ3) is 13.9. The lowest BCUT2D eigenvalue weighted by Gasteiger charge is -2.25. The average Bonchev–Trinajstić information content (AvgIpc) is 3.61. The monoisotopic (exact) mass is 992 g/mol. The minimum absolute atomic E-state index is 0.0325. The topological polar surface area (TPSA) is 219 Å². The van der Waals surface area contributed by atoms with Gasteiger partial charge in [0.05, 0.1) is 21.2 Å². The maximum atomic E-state index is 12.9. The van der Waals surface area contributed by atoms with E-state index in [-0.39, 0.29) is 28.7 Å². The van der Waals surface area contributed by atoms with E-state index in [1.165, 1.54) is 36.8 Å². The van der Waals surface area contributed by atoms with Gasteiger partial charge in [-0.25, -0.2) is 13.2 Å². The van der Waals surface area contributed by atoms with Gasteiger partial charge in [-0.3, -0.25) is 18.4 Å². The molecule has 0 saturated carbocycles. The number of ether oxygens (including phenoxy) is 1. The zero-order valence-electron chi connectivity index (χ0n) is 39.8. The number of nitrogens with zero attached hydrogens (tertiary/aromatic N) is 2. The predicted octanol–water partition coefficient (Wildman–Crippen LogP) is 7.08. The molecule has 68 heavy (non-hydrogen) atoms. The quantitative estimate of drug-likeness (QED) is 0.0302. The number of benzene rings is 3. The first-order valence-corrected chi connectivity index (χ1v) is 27.9. The number of rotatable bonds is 22. The number of allylic oxidation sites excluding steroid dienone is 6. The molecule has 3 aromatic carbocycles. The third-order valence-electron chi connectivity index (χ3n) is 12.1. The van der Waals surface area contributed by atoms with Crippen molar-refractivity contribution in [2.45, 2.75) is 113 Å². The lowest BCUT2D eigenvalue weighted by Crippen LogP contribution is -2.42. The van der Waals surface area contributed by atoms with Gasteiger partial charge in [0.25, 0.3) is 10.1 Å². The van der Waals surface area contributed by atoms with Crippen molar-refractivity contribution in [2.75, 3.05) is 37.0 Å². The summed E-state index contributed by atoms with van der Waals surface area (Å²) < 4.78 is 89.4. The summed E-state index contributed by atoms with van der Waals surface area (Å²) >= 11 is 0.